The number of halogens is 1. The average Bonchev–Trinajstić information content (AvgIpc) is 2.73. The lowest BCUT2D eigenvalue weighted by Gasteiger charge is -2.18. The Kier molecular flexibility index (Phi) is 7.06. The molecule has 0 atom stereocenters. The SMILES string of the molecule is Nc1cccnc1-c1cc(N)c(NS(=O)(=O)c2ccc(Cl)cc2)c(OCCCC(=O)O)c1. The maximum Gasteiger partial charge on any atom is 0.303 e. The highest BCUT2D eigenvalue weighted by Gasteiger charge is 2.21. The summed E-state index contributed by atoms with van der Waals surface area (Å²) in [7, 11) is -4.01. The van der Waals surface area contributed by atoms with E-state index in [1.165, 1.54) is 30.3 Å². The van der Waals surface area contributed by atoms with Crippen LogP contribution in [0.2, 0.25) is 5.02 Å². The van der Waals surface area contributed by atoms with E-state index in [0.29, 0.717) is 22.0 Å². The number of carboxylic acid groups (broad SMARTS) is 1. The Balaban J connectivity index is 2.00. The average molecular weight is 477 g/mol. The molecule has 168 valence electrons. The Labute approximate surface area is 190 Å². The summed E-state index contributed by atoms with van der Waals surface area (Å²) in [6.45, 7) is 0.0303. The number of hydrogen-bond donors (Lipinski definition) is 4. The molecule has 0 bridgehead atoms. The zero-order chi connectivity index (χ0) is 23.3. The van der Waals surface area contributed by atoms with Crippen LogP contribution in [0.1, 0.15) is 12.8 Å². The minimum atomic E-state index is -4.01. The van der Waals surface area contributed by atoms with Gasteiger partial charge in [-0.15, -0.1) is 0 Å². The number of ether oxygens (including phenoxy) is 1. The number of sulfonamides is 1. The lowest BCUT2D eigenvalue weighted by molar-refractivity contribution is -0.137. The number of pyridine rings is 1. The molecule has 32 heavy (non-hydrogen) atoms. The first-order valence-corrected chi connectivity index (χ1v) is 11.3. The summed E-state index contributed by atoms with van der Waals surface area (Å²) in [6.07, 6.45) is 1.68. The zero-order valence-electron chi connectivity index (χ0n) is 16.8. The van der Waals surface area contributed by atoms with E-state index in [-0.39, 0.29) is 41.5 Å². The molecule has 0 amide bonds. The van der Waals surface area contributed by atoms with Gasteiger partial charge >= 0.3 is 5.97 Å². The maximum absolute atomic E-state index is 12.9. The molecule has 0 unspecified atom stereocenters. The van der Waals surface area contributed by atoms with Crippen LogP contribution in [-0.2, 0) is 14.8 Å². The number of carbonyl (C=O) groups is 1. The van der Waals surface area contributed by atoms with Gasteiger partial charge in [-0.1, -0.05) is 11.6 Å². The van der Waals surface area contributed by atoms with Gasteiger partial charge in [-0.2, -0.15) is 0 Å². The van der Waals surface area contributed by atoms with Crippen LogP contribution in [0.5, 0.6) is 5.75 Å². The van der Waals surface area contributed by atoms with Crippen LogP contribution >= 0.6 is 11.6 Å². The van der Waals surface area contributed by atoms with Crippen molar-refractivity contribution in [1.29, 1.82) is 0 Å². The molecular formula is C21H21ClN4O5S. The van der Waals surface area contributed by atoms with Crippen molar-refractivity contribution in [1.82, 2.24) is 4.98 Å². The minimum Gasteiger partial charge on any atom is -0.491 e. The number of nitrogen functional groups attached to an aromatic ring is 2. The third-order valence-electron chi connectivity index (χ3n) is 4.40. The topological polar surface area (TPSA) is 158 Å². The van der Waals surface area contributed by atoms with Crippen molar-refractivity contribution in [2.45, 2.75) is 17.7 Å². The normalized spacial score (nSPS) is 11.2. The third kappa shape index (κ3) is 5.59. The number of hydrogen-bond acceptors (Lipinski definition) is 7. The highest BCUT2D eigenvalue weighted by molar-refractivity contribution is 7.92. The summed E-state index contributed by atoms with van der Waals surface area (Å²) in [5.74, 6) is -0.847. The number of anilines is 3. The Morgan fingerprint density at radius 1 is 1.12 bits per heavy atom. The molecule has 0 radical (unpaired) electrons. The van der Waals surface area contributed by atoms with Crippen LogP contribution in [-0.4, -0.2) is 31.1 Å². The molecule has 0 aliphatic carbocycles. The van der Waals surface area contributed by atoms with Crippen LogP contribution in [0.4, 0.5) is 17.1 Å². The van der Waals surface area contributed by atoms with E-state index in [2.05, 4.69) is 9.71 Å². The number of benzene rings is 2. The summed E-state index contributed by atoms with van der Waals surface area (Å²) >= 11 is 5.84. The van der Waals surface area contributed by atoms with Crippen LogP contribution in [0.15, 0.2) is 59.6 Å². The van der Waals surface area contributed by atoms with Gasteiger partial charge in [0.2, 0.25) is 0 Å². The minimum absolute atomic E-state index is 0.0174. The zero-order valence-corrected chi connectivity index (χ0v) is 18.4. The number of carboxylic acids is 1. The van der Waals surface area contributed by atoms with Crippen molar-refractivity contribution in [3.05, 3.63) is 59.8 Å². The van der Waals surface area contributed by atoms with Gasteiger partial charge in [-0.05, 0) is 55.0 Å². The predicted molar refractivity (Wildman–Crippen MR) is 123 cm³/mol. The molecular weight excluding hydrogens is 456 g/mol. The lowest BCUT2D eigenvalue weighted by atomic mass is 10.1. The van der Waals surface area contributed by atoms with Crippen molar-refractivity contribution < 1.29 is 23.1 Å². The highest BCUT2D eigenvalue weighted by Crippen LogP contribution is 2.38. The molecule has 11 heteroatoms. The van der Waals surface area contributed by atoms with Gasteiger partial charge in [0.15, 0.2) is 0 Å². The van der Waals surface area contributed by atoms with Crippen LogP contribution in [0.25, 0.3) is 11.3 Å². The van der Waals surface area contributed by atoms with Crippen molar-refractivity contribution in [2.75, 3.05) is 22.8 Å². The first-order chi connectivity index (χ1) is 15.2. The molecule has 0 fully saturated rings. The Bertz CT molecular complexity index is 1230. The van der Waals surface area contributed by atoms with E-state index >= 15 is 0 Å². The van der Waals surface area contributed by atoms with Crippen molar-refractivity contribution in [2.24, 2.45) is 0 Å². The van der Waals surface area contributed by atoms with Gasteiger partial charge < -0.3 is 21.3 Å². The molecule has 1 aromatic heterocycles. The molecule has 1 heterocycles. The standard InChI is InChI=1S/C21H21ClN4O5S/c22-14-5-7-15(8-6-14)32(29,30)26-21-17(24)11-13(20-16(23)3-1-9-25-20)12-18(21)31-10-2-4-19(27)28/h1,3,5-9,11-12,26H,2,4,10,23-24H2,(H,27,28). The largest absolute Gasteiger partial charge is 0.491 e. The molecule has 3 aromatic rings. The number of nitrogens with two attached hydrogens (primary N) is 2. The van der Waals surface area contributed by atoms with Crippen LogP contribution in [0.3, 0.4) is 0 Å². The smallest absolute Gasteiger partial charge is 0.303 e. The summed E-state index contributed by atoms with van der Waals surface area (Å²) in [5, 5.41) is 9.22. The number of nitrogens with one attached hydrogen (secondary N) is 1. The van der Waals surface area contributed by atoms with E-state index in [0.717, 1.165) is 0 Å². The summed E-state index contributed by atoms with van der Waals surface area (Å²) < 4.78 is 33.9. The molecule has 0 aliphatic rings. The molecule has 0 spiro atoms. The van der Waals surface area contributed by atoms with Gasteiger partial charge in [-0.3, -0.25) is 14.5 Å². The first kappa shape index (κ1) is 23.2. The molecule has 6 N–H and O–H groups in total. The quantitative estimate of drug-likeness (QED) is 0.269. The maximum atomic E-state index is 12.9. The number of rotatable bonds is 9. The summed E-state index contributed by atoms with van der Waals surface area (Å²) in [5.41, 5.74) is 13.7. The van der Waals surface area contributed by atoms with Crippen molar-refractivity contribution in [3.63, 3.8) is 0 Å². The molecule has 3 rings (SSSR count). The molecule has 2 aromatic carbocycles. The van der Waals surface area contributed by atoms with Crippen LogP contribution in [0, 0.1) is 0 Å². The lowest BCUT2D eigenvalue weighted by Crippen LogP contribution is -2.15. The van der Waals surface area contributed by atoms with Gasteiger partial charge in [0, 0.05) is 23.2 Å². The Hall–Kier alpha value is -3.50. The predicted octanol–water partition coefficient (Wildman–Crippen LogP) is 3.61. The van der Waals surface area contributed by atoms with E-state index in [1.54, 1.807) is 24.4 Å². The Morgan fingerprint density at radius 2 is 1.84 bits per heavy atom. The second-order valence-electron chi connectivity index (χ2n) is 6.79. The Morgan fingerprint density at radius 3 is 2.50 bits per heavy atom. The molecule has 9 nitrogen and oxygen atoms in total. The fourth-order valence-electron chi connectivity index (χ4n) is 2.87. The fourth-order valence-corrected chi connectivity index (χ4v) is 4.09. The first-order valence-electron chi connectivity index (χ1n) is 9.45. The third-order valence-corrected chi connectivity index (χ3v) is 6.02. The molecule has 0 aliphatic heterocycles. The van der Waals surface area contributed by atoms with Crippen molar-refractivity contribution in [3.8, 4) is 17.0 Å². The number of aliphatic carboxylic acids is 1. The second-order valence-corrected chi connectivity index (χ2v) is 8.90. The molecule has 0 saturated carbocycles. The van der Waals surface area contributed by atoms with Gasteiger partial charge in [0.05, 0.1) is 28.6 Å². The van der Waals surface area contributed by atoms with E-state index < -0.39 is 16.0 Å². The van der Waals surface area contributed by atoms with Gasteiger partial charge in [0.1, 0.15) is 11.4 Å². The fraction of sp³-hybridized carbons (Fsp3) is 0.143. The van der Waals surface area contributed by atoms with Crippen LogP contribution < -0.4 is 20.9 Å². The second kappa shape index (κ2) is 9.75. The van der Waals surface area contributed by atoms with Gasteiger partial charge in [-0.25, -0.2) is 8.42 Å². The summed E-state index contributed by atoms with van der Waals surface area (Å²) in [6, 6.07) is 12.1. The monoisotopic (exact) mass is 476 g/mol. The van der Waals surface area contributed by atoms with Gasteiger partial charge in [0.25, 0.3) is 10.0 Å². The summed E-state index contributed by atoms with van der Waals surface area (Å²) in [4.78, 5) is 15.0. The highest BCUT2D eigenvalue weighted by atomic mass is 35.5. The van der Waals surface area contributed by atoms with E-state index in [9.17, 15) is 13.2 Å². The van der Waals surface area contributed by atoms with E-state index in [1.807, 2.05) is 0 Å². The molecule has 0 saturated heterocycles. The van der Waals surface area contributed by atoms with Crippen molar-refractivity contribution >= 4 is 44.7 Å². The number of nitrogens with zero attached hydrogens (tertiary/aromatic N) is 1. The van der Waals surface area contributed by atoms with E-state index in [4.69, 9.17) is 32.9 Å². The number of aromatic nitrogens is 1.